The highest BCUT2D eigenvalue weighted by molar-refractivity contribution is 5.75. The molecule has 3 heteroatoms. The molecule has 1 fully saturated rings. The molecule has 0 aromatic carbocycles. The smallest absolute Gasteiger partial charge is 0.151 e. The summed E-state index contributed by atoms with van der Waals surface area (Å²) in [6.45, 7) is 9.19. The third kappa shape index (κ3) is 5.19. The molecule has 0 saturated heterocycles. The fourth-order valence-corrected chi connectivity index (χ4v) is 4.11. The Bertz CT molecular complexity index is 482. The van der Waals surface area contributed by atoms with Crippen molar-refractivity contribution in [2.24, 2.45) is 17.8 Å². The van der Waals surface area contributed by atoms with Gasteiger partial charge in [0, 0.05) is 6.20 Å². The van der Waals surface area contributed by atoms with Crippen LogP contribution in [0.25, 0.3) is 0 Å². The number of fused-ring (bicyclic) bond motifs is 1. The first-order valence-corrected chi connectivity index (χ1v) is 9.55. The van der Waals surface area contributed by atoms with Gasteiger partial charge in [-0.1, -0.05) is 46.5 Å². The summed E-state index contributed by atoms with van der Waals surface area (Å²) >= 11 is 0. The van der Waals surface area contributed by atoms with Crippen molar-refractivity contribution in [2.75, 3.05) is 0 Å². The maximum absolute atomic E-state index is 10.9. The molecule has 2 aliphatic rings. The fourth-order valence-electron chi connectivity index (χ4n) is 4.11. The number of ketones is 1. The van der Waals surface area contributed by atoms with Crippen LogP contribution in [0, 0.1) is 17.8 Å². The van der Waals surface area contributed by atoms with E-state index in [4.69, 9.17) is 0 Å². The lowest BCUT2D eigenvalue weighted by molar-refractivity contribution is -0.117. The summed E-state index contributed by atoms with van der Waals surface area (Å²) in [5.74, 6) is 3.17. The molecule has 0 radical (unpaired) electrons. The van der Waals surface area contributed by atoms with Gasteiger partial charge in [0.05, 0.1) is 12.2 Å². The van der Waals surface area contributed by atoms with E-state index in [-0.39, 0.29) is 5.78 Å². The van der Waals surface area contributed by atoms with Gasteiger partial charge in [0.1, 0.15) is 0 Å². The van der Waals surface area contributed by atoms with Gasteiger partial charge < -0.3 is 0 Å². The van der Waals surface area contributed by atoms with Crippen LogP contribution in [0.1, 0.15) is 77.5 Å². The standard InChI is InChI=1S/C10H14N2O.C10H20/c1-8(13)6-12-7-9-4-2-3-5-10(9)11-12;1-4-10-7-5-6-8(2)9(10)3/h7H,2-6H2,1H3;8-10H,4-7H2,1-3H3. The average Bonchev–Trinajstić information content (AvgIpc) is 2.92. The van der Waals surface area contributed by atoms with Gasteiger partial charge in [-0.2, -0.15) is 5.10 Å². The van der Waals surface area contributed by atoms with E-state index in [1.54, 1.807) is 11.6 Å². The molecule has 0 spiro atoms. The molecule has 23 heavy (non-hydrogen) atoms. The van der Waals surface area contributed by atoms with E-state index < -0.39 is 0 Å². The molecular formula is C20H34N2O. The van der Waals surface area contributed by atoms with Crippen molar-refractivity contribution in [3.05, 3.63) is 17.5 Å². The van der Waals surface area contributed by atoms with Crippen molar-refractivity contribution in [1.82, 2.24) is 9.78 Å². The minimum atomic E-state index is 0.167. The van der Waals surface area contributed by atoms with Gasteiger partial charge in [0.15, 0.2) is 5.78 Å². The first-order chi connectivity index (χ1) is 11.0. The number of aromatic nitrogens is 2. The van der Waals surface area contributed by atoms with Gasteiger partial charge in [-0.3, -0.25) is 9.48 Å². The maximum atomic E-state index is 10.9. The highest BCUT2D eigenvalue weighted by Gasteiger charge is 2.25. The first-order valence-electron chi connectivity index (χ1n) is 9.55. The highest BCUT2D eigenvalue weighted by Crippen LogP contribution is 2.35. The Kier molecular flexibility index (Phi) is 6.86. The predicted octanol–water partition coefficient (Wildman–Crippen LogP) is 4.82. The van der Waals surface area contributed by atoms with E-state index in [9.17, 15) is 4.79 Å². The first kappa shape index (κ1) is 18.2. The lowest BCUT2D eigenvalue weighted by atomic mass is 9.73. The van der Waals surface area contributed by atoms with Crippen LogP contribution in [0.15, 0.2) is 6.20 Å². The molecule has 0 N–H and O–H groups in total. The van der Waals surface area contributed by atoms with Gasteiger partial charge in [0.25, 0.3) is 0 Å². The van der Waals surface area contributed by atoms with Crippen LogP contribution in [0.5, 0.6) is 0 Å². The normalized spacial score (nSPS) is 26.9. The van der Waals surface area contributed by atoms with Crippen molar-refractivity contribution in [1.29, 1.82) is 0 Å². The number of rotatable bonds is 3. The topological polar surface area (TPSA) is 34.9 Å². The van der Waals surface area contributed by atoms with Crippen LogP contribution in [0.2, 0.25) is 0 Å². The van der Waals surface area contributed by atoms with Gasteiger partial charge in [0.2, 0.25) is 0 Å². The largest absolute Gasteiger partial charge is 0.298 e. The van der Waals surface area contributed by atoms with Crippen LogP contribution in [-0.2, 0) is 24.2 Å². The second-order valence-electron chi connectivity index (χ2n) is 7.64. The highest BCUT2D eigenvalue weighted by atomic mass is 16.1. The monoisotopic (exact) mass is 318 g/mol. The van der Waals surface area contributed by atoms with Crippen LogP contribution in [0.4, 0.5) is 0 Å². The average molecular weight is 319 g/mol. The molecular weight excluding hydrogens is 284 g/mol. The SMILES string of the molecule is CC(=O)Cn1cc2c(n1)CCCC2.CCC1CCCC(C)C1C. The van der Waals surface area contributed by atoms with Crippen LogP contribution >= 0.6 is 0 Å². The quantitative estimate of drug-likeness (QED) is 0.801. The molecule has 0 amide bonds. The van der Waals surface area contributed by atoms with E-state index in [1.165, 1.54) is 49.8 Å². The van der Waals surface area contributed by atoms with Crippen LogP contribution in [-0.4, -0.2) is 15.6 Å². The van der Waals surface area contributed by atoms with E-state index in [1.807, 2.05) is 6.20 Å². The Morgan fingerprint density at radius 3 is 2.57 bits per heavy atom. The van der Waals surface area contributed by atoms with E-state index in [0.29, 0.717) is 6.54 Å². The predicted molar refractivity (Wildman–Crippen MR) is 95.5 cm³/mol. The molecule has 0 bridgehead atoms. The molecule has 3 nitrogen and oxygen atoms in total. The van der Waals surface area contributed by atoms with Crippen molar-refractivity contribution in [3.63, 3.8) is 0 Å². The number of nitrogens with zero attached hydrogens (tertiary/aromatic N) is 2. The van der Waals surface area contributed by atoms with Gasteiger partial charge in [-0.15, -0.1) is 0 Å². The summed E-state index contributed by atoms with van der Waals surface area (Å²) < 4.78 is 1.78. The van der Waals surface area contributed by atoms with Crippen molar-refractivity contribution in [2.45, 2.75) is 85.6 Å². The third-order valence-corrected chi connectivity index (χ3v) is 5.82. The molecule has 3 unspecified atom stereocenters. The van der Waals surface area contributed by atoms with E-state index >= 15 is 0 Å². The lowest BCUT2D eigenvalue weighted by Crippen LogP contribution is -2.23. The molecule has 130 valence electrons. The molecule has 3 rings (SSSR count). The molecule has 1 aromatic rings. The lowest BCUT2D eigenvalue weighted by Gasteiger charge is -2.33. The number of hydrogen-bond acceptors (Lipinski definition) is 2. The third-order valence-electron chi connectivity index (χ3n) is 5.82. The molecule has 0 aliphatic heterocycles. The molecule has 3 atom stereocenters. The zero-order valence-corrected chi connectivity index (χ0v) is 15.5. The van der Waals surface area contributed by atoms with Gasteiger partial charge >= 0.3 is 0 Å². The Morgan fingerprint density at radius 1 is 1.22 bits per heavy atom. The van der Waals surface area contributed by atoms with Crippen LogP contribution in [0.3, 0.4) is 0 Å². The Hall–Kier alpha value is -1.12. The Balaban J connectivity index is 0.000000174. The van der Waals surface area contributed by atoms with Gasteiger partial charge in [-0.25, -0.2) is 0 Å². The zero-order chi connectivity index (χ0) is 16.8. The Morgan fingerprint density at radius 2 is 1.96 bits per heavy atom. The number of carbonyl (C=O) groups is 1. The summed E-state index contributed by atoms with van der Waals surface area (Å²) in [5.41, 5.74) is 2.54. The summed E-state index contributed by atoms with van der Waals surface area (Å²) in [4.78, 5) is 10.9. The van der Waals surface area contributed by atoms with E-state index in [2.05, 4.69) is 25.9 Å². The summed E-state index contributed by atoms with van der Waals surface area (Å²) in [5, 5.41) is 4.39. The number of carbonyl (C=O) groups excluding carboxylic acids is 1. The number of aryl methyl sites for hydroxylation is 2. The number of hydrogen-bond donors (Lipinski definition) is 0. The van der Waals surface area contributed by atoms with E-state index in [0.717, 1.165) is 30.6 Å². The van der Waals surface area contributed by atoms with Crippen LogP contribution < -0.4 is 0 Å². The minimum Gasteiger partial charge on any atom is -0.298 e. The molecule has 2 aliphatic carbocycles. The second kappa shape index (κ2) is 8.65. The zero-order valence-electron chi connectivity index (χ0n) is 15.5. The summed E-state index contributed by atoms with van der Waals surface area (Å²) in [7, 11) is 0. The molecule has 1 heterocycles. The maximum Gasteiger partial charge on any atom is 0.151 e. The second-order valence-corrected chi connectivity index (χ2v) is 7.64. The summed E-state index contributed by atoms with van der Waals surface area (Å²) in [6.07, 6.45) is 12.6. The Labute approximate surface area is 141 Å². The number of Topliss-reactive ketones (excluding diaryl/α,β-unsaturated/α-hetero) is 1. The van der Waals surface area contributed by atoms with Crippen molar-refractivity contribution in [3.8, 4) is 0 Å². The van der Waals surface area contributed by atoms with Gasteiger partial charge in [-0.05, 0) is 55.9 Å². The minimum absolute atomic E-state index is 0.167. The fraction of sp³-hybridized carbons (Fsp3) is 0.800. The van der Waals surface area contributed by atoms with Crippen molar-refractivity contribution >= 4 is 5.78 Å². The summed E-state index contributed by atoms with van der Waals surface area (Å²) in [6, 6.07) is 0. The molecule has 1 aromatic heterocycles. The van der Waals surface area contributed by atoms with Crippen molar-refractivity contribution < 1.29 is 4.79 Å². The molecule has 1 saturated carbocycles.